The SMILES string of the molecule is CC(C)c1cc(CC(N)=O)cc(C(C)C)c1O. The average Bonchev–Trinajstić information content (AvgIpc) is 2.18. The fourth-order valence-electron chi connectivity index (χ4n) is 1.93. The van der Waals surface area contributed by atoms with Crippen molar-refractivity contribution in [2.45, 2.75) is 46.0 Å². The van der Waals surface area contributed by atoms with E-state index >= 15 is 0 Å². The normalized spacial score (nSPS) is 11.2. The first kappa shape index (κ1) is 13.6. The zero-order chi connectivity index (χ0) is 13.2. The van der Waals surface area contributed by atoms with Crippen molar-refractivity contribution >= 4 is 5.91 Å². The summed E-state index contributed by atoms with van der Waals surface area (Å²) in [4.78, 5) is 11.0. The molecule has 1 aromatic carbocycles. The van der Waals surface area contributed by atoms with Crippen molar-refractivity contribution in [2.24, 2.45) is 5.73 Å². The minimum absolute atomic E-state index is 0.222. The lowest BCUT2D eigenvalue weighted by atomic mass is 9.90. The fraction of sp³-hybridized carbons (Fsp3) is 0.500. The van der Waals surface area contributed by atoms with Crippen LogP contribution in [0.15, 0.2) is 12.1 Å². The molecule has 3 nitrogen and oxygen atoms in total. The molecule has 0 saturated heterocycles. The maximum atomic E-state index is 11.0. The first-order valence-electron chi connectivity index (χ1n) is 5.96. The summed E-state index contributed by atoms with van der Waals surface area (Å²) in [6, 6.07) is 3.74. The van der Waals surface area contributed by atoms with Crippen LogP contribution in [0, 0.1) is 0 Å². The number of amides is 1. The Kier molecular flexibility index (Phi) is 4.16. The topological polar surface area (TPSA) is 63.3 Å². The zero-order valence-electron chi connectivity index (χ0n) is 10.9. The average molecular weight is 235 g/mol. The number of carbonyl (C=O) groups is 1. The zero-order valence-corrected chi connectivity index (χ0v) is 10.9. The lowest BCUT2D eigenvalue weighted by Gasteiger charge is -2.17. The van der Waals surface area contributed by atoms with Crippen molar-refractivity contribution in [1.82, 2.24) is 0 Å². The largest absolute Gasteiger partial charge is 0.507 e. The van der Waals surface area contributed by atoms with Crippen LogP contribution in [0.5, 0.6) is 5.75 Å². The Balaban J connectivity index is 3.31. The van der Waals surface area contributed by atoms with Gasteiger partial charge in [0.2, 0.25) is 5.91 Å². The van der Waals surface area contributed by atoms with Crippen LogP contribution in [0.1, 0.15) is 56.2 Å². The molecule has 0 radical (unpaired) electrons. The van der Waals surface area contributed by atoms with Gasteiger partial charge in [-0.1, -0.05) is 39.8 Å². The molecular weight excluding hydrogens is 214 g/mol. The van der Waals surface area contributed by atoms with Crippen LogP contribution in [-0.4, -0.2) is 11.0 Å². The minimum Gasteiger partial charge on any atom is -0.507 e. The van der Waals surface area contributed by atoms with Gasteiger partial charge in [-0.2, -0.15) is 0 Å². The third kappa shape index (κ3) is 3.22. The Morgan fingerprint density at radius 2 is 1.59 bits per heavy atom. The van der Waals surface area contributed by atoms with Gasteiger partial charge in [0.25, 0.3) is 0 Å². The second-order valence-corrected chi connectivity index (χ2v) is 5.08. The van der Waals surface area contributed by atoms with E-state index in [0.717, 1.165) is 16.7 Å². The summed E-state index contributed by atoms with van der Waals surface area (Å²) in [7, 11) is 0. The molecular formula is C14H21NO2. The van der Waals surface area contributed by atoms with Crippen molar-refractivity contribution in [3.63, 3.8) is 0 Å². The Hall–Kier alpha value is -1.51. The Labute approximate surface area is 103 Å². The van der Waals surface area contributed by atoms with Crippen LogP contribution in [-0.2, 0) is 11.2 Å². The molecule has 0 spiro atoms. The third-order valence-electron chi connectivity index (χ3n) is 2.85. The number of rotatable bonds is 4. The Bertz CT molecular complexity index is 393. The van der Waals surface area contributed by atoms with Gasteiger partial charge in [0, 0.05) is 0 Å². The summed E-state index contributed by atoms with van der Waals surface area (Å²) in [6.07, 6.45) is 0.222. The molecule has 17 heavy (non-hydrogen) atoms. The molecule has 1 amide bonds. The summed E-state index contributed by atoms with van der Waals surface area (Å²) in [6.45, 7) is 8.08. The molecule has 94 valence electrons. The standard InChI is InChI=1S/C14H21NO2/c1-8(2)11-5-10(7-13(15)16)6-12(9(3)4)14(11)17/h5-6,8-9,17H,7H2,1-4H3,(H2,15,16). The highest BCUT2D eigenvalue weighted by atomic mass is 16.3. The number of aromatic hydroxyl groups is 1. The number of hydrogen-bond acceptors (Lipinski definition) is 2. The number of benzene rings is 1. The molecule has 0 unspecified atom stereocenters. The summed E-state index contributed by atoms with van der Waals surface area (Å²) < 4.78 is 0. The van der Waals surface area contributed by atoms with E-state index in [0.29, 0.717) is 5.75 Å². The number of phenols is 1. The van der Waals surface area contributed by atoms with Crippen molar-refractivity contribution in [1.29, 1.82) is 0 Å². The van der Waals surface area contributed by atoms with Gasteiger partial charge in [0.15, 0.2) is 0 Å². The highest BCUT2D eigenvalue weighted by Gasteiger charge is 2.15. The molecule has 0 atom stereocenters. The highest BCUT2D eigenvalue weighted by molar-refractivity contribution is 5.77. The van der Waals surface area contributed by atoms with E-state index < -0.39 is 0 Å². The molecule has 0 aliphatic carbocycles. The van der Waals surface area contributed by atoms with Gasteiger partial charge in [0.05, 0.1) is 6.42 Å². The summed E-state index contributed by atoms with van der Waals surface area (Å²) in [5.41, 5.74) is 7.85. The van der Waals surface area contributed by atoms with E-state index in [4.69, 9.17) is 5.73 Å². The van der Waals surface area contributed by atoms with Gasteiger partial charge in [-0.3, -0.25) is 4.79 Å². The van der Waals surface area contributed by atoms with Gasteiger partial charge in [-0.15, -0.1) is 0 Å². The van der Waals surface area contributed by atoms with Crippen molar-refractivity contribution < 1.29 is 9.90 Å². The molecule has 0 aliphatic heterocycles. The molecule has 1 aromatic rings. The Morgan fingerprint density at radius 3 is 1.88 bits per heavy atom. The lowest BCUT2D eigenvalue weighted by Crippen LogP contribution is -2.14. The predicted molar refractivity (Wildman–Crippen MR) is 69.2 cm³/mol. The van der Waals surface area contributed by atoms with Crippen LogP contribution in [0.3, 0.4) is 0 Å². The summed E-state index contributed by atoms with van der Waals surface area (Å²) >= 11 is 0. The van der Waals surface area contributed by atoms with E-state index in [1.807, 2.05) is 39.8 Å². The van der Waals surface area contributed by atoms with Gasteiger partial charge in [-0.25, -0.2) is 0 Å². The molecule has 0 heterocycles. The molecule has 3 heteroatoms. The molecule has 3 N–H and O–H groups in total. The monoisotopic (exact) mass is 235 g/mol. The number of hydrogen-bond donors (Lipinski definition) is 2. The highest BCUT2D eigenvalue weighted by Crippen LogP contribution is 2.34. The second-order valence-electron chi connectivity index (χ2n) is 5.08. The number of primary amides is 1. The Morgan fingerprint density at radius 1 is 1.18 bits per heavy atom. The maximum absolute atomic E-state index is 11.0. The third-order valence-corrected chi connectivity index (χ3v) is 2.85. The maximum Gasteiger partial charge on any atom is 0.221 e. The van der Waals surface area contributed by atoms with Crippen LogP contribution < -0.4 is 5.73 Å². The van der Waals surface area contributed by atoms with Crippen LogP contribution in [0.25, 0.3) is 0 Å². The van der Waals surface area contributed by atoms with Crippen LogP contribution >= 0.6 is 0 Å². The smallest absolute Gasteiger partial charge is 0.221 e. The lowest BCUT2D eigenvalue weighted by molar-refractivity contribution is -0.117. The molecule has 0 fully saturated rings. The number of phenolic OH excluding ortho intramolecular Hbond substituents is 1. The van der Waals surface area contributed by atoms with Crippen molar-refractivity contribution in [3.05, 3.63) is 28.8 Å². The number of carbonyl (C=O) groups excluding carboxylic acids is 1. The first-order chi connectivity index (χ1) is 7.82. The quantitative estimate of drug-likeness (QED) is 0.842. The van der Waals surface area contributed by atoms with Crippen molar-refractivity contribution in [3.8, 4) is 5.75 Å². The van der Waals surface area contributed by atoms with E-state index in [1.165, 1.54) is 0 Å². The van der Waals surface area contributed by atoms with Crippen LogP contribution in [0.2, 0.25) is 0 Å². The van der Waals surface area contributed by atoms with Crippen molar-refractivity contribution in [2.75, 3.05) is 0 Å². The second kappa shape index (κ2) is 5.21. The van der Waals surface area contributed by atoms with Crippen LogP contribution in [0.4, 0.5) is 0 Å². The van der Waals surface area contributed by atoms with E-state index in [-0.39, 0.29) is 24.2 Å². The molecule has 0 saturated carbocycles. The molecule has 0 aromatic heterocycles. The van der Waals surface area contributed by atoms with Gasteiger partial charge >= 0.3 is 0 Å². The molecule has 0 bridgehead atoms. The van der Waals surface area contributed by atoms with E-state index in [1.54, 1.807) is 0 Å². The minimum atomic E-state index is -0.347. The van der Waals surface area contributed by atoms with E-state index in [2.05, 4.69) is 0 Å². The number of nitrogens with two attached hydrogens (primary N) is 1. The first-order valence-corrected chi connectivity index (χ1v) is 5.96. The van der Waals surface area contributed by atoms with Gasteiger partial charge < -0.3 is 10.8 Å². The molecule has 0 aliphatic rings. The van der Waals surface area contributed by atoms with Gasteiger partial charge in [0.1, 0.15) is 5.75 Å². The molecule has 1 rings (SSSR count). The summed E-state index contributed by atoms with van der Waals surface area (Å²) in [5, 5.41) is 10.2. The predicted octanol–water partition coefficient (Wildman–Crippen LogP) is 2.67. The summed E-state index contributed by atoms with van der Waals surface area (Å²) in [5.74, 6) is 0.448. The fourth-order valence-corrected chi connectivity index (χ4v) is 1.93. The van der Waals surface area contributed by atoms with Gasteiger partial charge in [-0.05, 0) is 28.5 Å². The van der Waals surface area contributed by atoms with E-state index in [9.17, 15) is 9.90 Å².